The van der Waals surface area contributed by atoms with Gasteiger partial charge in [-0.15, -0.1) is 11.3 Å². The van der Waals surface area contributed by atoms with Gasteiger partial charge in [-0.25, -0.2) is 0 Å². The maximum Gasteiger partial charge on any atom is 0.0991 e. The Balaban J connectivity index is 1.65. The molecule has 0 spiro atoms. The van der Waals surface area contributed by atoms with E-state index in [4.69, 9.17) is 5.26 Å². The summed E-state index contributed by atoms with van der Waals surface area (Å²) in [7, 11) is 0. The number of hydrogen-bond acceptors (Lipinski definition) is 4. The number of benzene rings is 1. The third-order valence-electron chi connectivity index (χ3n) is 3.03. The predicted molar refractivity (Wildman–Crippen MR) is 88.6 cm³/mol. The van der Waals surface area contributed by atoms with E-state index < -0.39 is 0 Å². The number of rotatable bonds is 5. The molecule has 1 aromatic carbocycles. The van der Waals surface area contributed by atoms with Gasteiger partial charge < -0.3 is 9.71 Å². The van der Waals surface area contributed by atoms with E-state index in [9.17, 15) is 0 Å². The lowest BCUT2D eigenvalue weighted by Gasteiger charge is -2.06. The number of aromatic nitrogens is 1. The Bertz CT molecular complexity index is 737. The van der Waals surface area contributed by atoms with E-state index in [1.54, 1.807) is 23.3 Å². The van der Waals surface area contributed by atoms with Crippen LogP contribution in [0.1, 0.15) is 16.0 Å². The molecule has 0 saturated heterocycles. The fourth-order valence-electron chi connectivity index (χ4n) is 1.94. The van der Waals surface area contributed by atoms with Crippen LogP contribution >= 0.6 is 23.3 Å². The first-order valence-corrected chi connectivity index (χ1v) is 8.16. The summed E-state index contributed by atoms with van der Waals surface area (Å²) in [5, 5.41) is 10.9. The van der Waals surface area contributed by atoms with Gasteiger partial charge in [0.15, 0.2) is 0 Å². The number of nitrogens with zero attached hydrogens (tertiary/aromatic N) is 1. The molecule has 0 aliphatic heterocycles. The van der Waals surface area contributed by atoms with Gasteiger partial charge in [0, 0.05) is 34.3 Å². The summed E-state index contributed by atoms with van der Waals surface area (Å²) >= 11 is 3.36. The minimum atomic E-state index is 0.672. The van der Waals surface area contributed by atoms with Crippen molar-refractivity contribution in [3.05, 3.63) is 70.2 Å². The summed E-state index contributed by atoms with van der Waals surface area (Å²) < 4.78 is 3.31. The van der Waals surface area contributed by atoms with E-state index in [1.165, 1.54) is 15.3 Å². The molecule has 2 N–H and O–H groups in total. The second kappa shape index (κ2) is 6.53. The summed E-state index contributed by atoms with van der Waals surface area (Å²) in [6.45, 7) is 0. The fraction of sp³-hybridized carbons (Fsp3) is 0.0625. The van der Waals surface area contributed by atoms with Crippen molar-refractivity contribution in [3.63, 3.8) is 0 Å². The minimum absolute atomic E-state index is 0.672. The van der Waals surface area contributed by atoms with Crippen molar-refractivity contribution in [1.82, 2.24) is 4.98 Å². The molecule has 0 aliphatic rings. The number of nitriles is 1. The van der Waals surface area contributed by atoms with E-state index in [-0.39, 0.29) is 0 Å². The van der Waals surface area contributed by atoms with E-state index in [0.29, 0.717) is 5.56 Å². The first-order valence-electron chi connectivity index (χ1n) is 6.46. The Morgan fingerprint density at radius 3 is 2.76 bits per heavy atom. The summed E-state index contributed by atoms with van der Waals surface area (Å²) in [5.41, 5.74) is 2.94. The smallest absolute Gasteiger partial charge is 0.0991 e. The molecule has 5 heteroatoms. The molecule has 0 atom stereocenters. The first-order chi connectivity index (χ1) is 10.3. The molecule has 0 amide bonds. The topological polar surface area (TPSA) is 51.6 Å². The van der Waals surface area contributed by atoms with Crippen molar-refractivity contribution in [3.8, 4) is 6.07 Å². The SMILES string of the molecule is N#Cc1ccc(NSc2c[nH]cc2Cc2cccs2)cc1. The Kier molecular flexibility index (Phi) is 4.29. The first kappa shape index (κ1) is 13.8. The van der Waals surface area contributed by atoms with Gasteiger partial charge in [0.25, 0.3) is 0 Å². The van der Waals surface area contributed by atoms with Gasteiger partial charge in [0.2, 0.25) is 0 Å². The van der Waals surface area contributed by atoms with Crippen LogP contribution in [0.25, 0.3) is 0 Å². The second-order valence-electron chi connectivity index (χ2n) is 4.49. The van der Waals surface area contributed by atoms with Crippen LogP contribution in [0.3, 0.4) is 0 Å². The fourth-order valence-corrected chi connectivity index (χ4v) is 3.42. The number of aromatic amines is 1. The normalized spacial score (nSPS) is 10.2. The number of nitrogens with one attached hydrogen (secondary N) is 2. The van der Waals surface area contributed by atoms with Crippen molar-refractivity contribution in [2.45, 2.75) is 11.3 Å². The molecule has 0 unspecified atom stereocenters. The highest BCUT2D eigenvalue weighted by atomic mass is 32.2. The molecule has 0 fully saturated rings. The van der Waals surface area contributed by atoms with Gasteiger partial charge in [0.1, 0.15) is 0 Å². The Hall–Kier alpha value is -2.16. The van der Waals surface area contributed by atoms with Gasteiger partial charge in [-0.05, 0) is 53.2 Å². The molecule has 3 rings (SSSR count). The molecule has 0 radical (unpaired) electrons. The van der Waals surface area contributed by atoms with Crippen LogP contribution in [0.5, 0.6) is 0 Å². The van der Waals surface area contributed by atoms with E-state index in [0.717, 1.165) is 12.1 Å². The number of H-pyrrole nitrogens is 1. The Morgan fingerprint density at radius 1 is 1.19 bits per heavy atom. The molecule has 3 nitrogen and oxygen atoms in total. The van der Waals surface area contributed by atoms with Crippen LogP contribution in [0.4, 0.5) is 5.69 Å². The molecule has 0 saturated carbocycles. The van der Waals surface area contributed by atoms with Crippen molar-refractivity contribution < 1.29 is 0 Å². The van der Waals surface area contributed by atoms with Crippen LogP contribution in [-0.2, 0) is 6.42 Å². The Labute approximate surface area is 131 Å². The van der Waals surface area contributed by atoms with Gasteiger partial charge in [-0.3, -0.25) is 0 Å². The third kappa shape index (κ3) is 3.48. The predicted octanol–water partition coefficient (Wildman–Crippen LogP) is 4.66. The molecular weight excluding hydrogens is 298 g/mol. The standard InChI is InChI=1S/C16H13N3S2/c17-9-12-3-5-14(6-4-12)19-21-16-11-18-10-13(16)8-15-2-1-7-20-15/h1-7,10-11,18-19H,8H2. The molecular formula is C16H13N3S2. The highest BCUT2D eigenvalue weighted by molar-refractivity contribution is 8.00. The molecule has 2 heterocycles. The van der Waals surface area contributed by atoms with Crippen molar-refractivity contribution >= 4 is 29.0 Å². The maximum absolute atomic E-state index is 8.79. The quantitative estimate of drug-likeness (QED) is 0.674. The molecule has 0 bridgehead atoms. The van der Waals surface area contributed by atoms with E-state index in [2.05, 4.69) is 33.3 Å². The lowest BCUT2D eigenvalue weighted by molar-refractivity contribution is 1.19. The van der Waals surface area contributed by atoms with E-state index in [1.807, 2.05) is 36.7 Å². The molecule has 2 aromatic heterocycles. The summed E-state index contributed by atoms with van der Waals surface area (Å²) in [4.78, 5) is 5.71. The summed E-state index contributed by atoms with van der Waals surface area (Å²) in [6.07, 6.45) is 4.99. The maximum atomic E-state index is 8.79. The molecule has 3 aromatic rings. The lowest BCUT2D eigenvalue weighted by atomic mass is 10.2. The van der Waals surface area contributed by atoms with Crippen molar-refractivity contribution in [1.29, 1.82) is 5.26 Å². The summed E-state index contributed by atoms with van der Waals surface area (Å²) in [5.74, 6) is 0. The molecule has 104 valence electrons. The largest absolute Gasteiger partial charge is 0.366 e. The van der Waals surface area contributed by atoms with Crippen LogP contribution in [0.2, 0.25) is 0 Å². The lowest BCUT2D eigenvalue weighted by Crippen LogP contribution is -1.89. The average molecular weight is 311 g/mol. The van der Waals surface area contributed by atoms with E-state index >= 15 is 0 Å². The number of hydrogen-bond donors (Lipinski definition) is 2. The zero-order valence-electron chi connectivity index (χ0n) is 11.2. The monoisotopic (exact) mass is 311 g/mol. The van der Waals surface area contributed by atoms with Crippen LogP contribution in [-0.4, -0.2) is 4.98 Å². The Morgan fingerprint density at radius 2 is 2.05 bits per heavy atom. The zero-order valence-corrected chi connectivity index (χ0v) is 12.8. The van der Waals surface area contributed by atoms with Crippen LogP contribution in [0, 0.1) is 11.3 Å². The highest BCUT2D eigenvalue weighted by Gasteiger charge is 2.06. The minimum Gasteiger partial charge on any atom is -0.366 e. The number of thiophene rings is 1. The van der Waals surface area contributed by atoms with Gasteiger partial charge in [0.05, 0.1) is 11.6 Å². The highest BCUT2D eigenvalue weighted by Crippen LogP contribution is 2.27. The van der Waals surface area contributed by atoms with Gasteiger partial charge in [-0.2, -0.15) is 5.26 Å². The molecule has 21 heavy (non-hydrogen) atoms. The molecule has 0 aliphatic carbocycles. The van der Waals surface area contributed by atoms with Crippen LogP contribution in [0.15, 0.2) is 59.1 Å². The average Bonchev–Trinajstić information content (AvgIpc) is 3.18. The third-order valence-corrected chi connectivity index (χ3v) is 4.84. The van der Waals surface area contributed by atoms with Crippen molar-refractivity contribution in [2.24, 2.45) is 0 Å². The van der Waals surface area contributed by atoms with Gasteiger partial charge >= 0.3 is 0 Å². The van der Waals surface area contributed by atoms with Crippen molar-refractivity contribution in [2.75, 3.05) is 4.72 Å². The number of anilines is 1. The second-order valence-corrected chi connectivity index (χ2v) is 6.37. The summed E-state index contributed by atoms with van der Waals surface area (Å²) in [6, 6.07) is 13.8. The zero-order chi connectivity index (χ0) is 14.5. The van der Waals surface area contributed by atoms with Gasteiger partial charge in [-0.1, -0.05) is 6.07 Å². The van der Waals surface area contributed by atoms with Crippen LogP contribution < -0.4 is 4.72 Å².